The highest BCUT2D eigenvalue weighted by Crippen LogP contribution is 2.13. The van der Waals surface area contributed by atoms with E-state index < -0.39 is 6.10 Å². The number of hydrogen-bond acceptors (Lipinski definition) is 6. The molecule has 6 nitrogen and oxygen atoms in total. The Balaban J connectivity index is 4.38. The topological polar surface area (TPSA) is 78.9 Å². The molecule has 0 N–H and O–H groups in total. The highest BCUT2D eigenvalue weighted by molar-refractivity contribution is 5.71. The second kappa shape index (κ2) is 42.4. The first-order valence-corrected chi connectivity index (χ1v) is 22.5. The molecule has 1 atom stereocenters. The molecule has 0 aliphatic rings. The lowest BCUT2D eigenvalue weighted by Gasteiger charge is -2.18. The van der Waals surface area contributed by atoms with E-state index in [-0.39, 0.29) is 31.1 Å². The van der Waals surface area contributed by atoms with Gasteiger partial charge in [-0.05, 0) is 83.5 Å². The van der Waals surface area contributed by atoms with Crippen molar-refractivity contribution in [2.45, 2.75) is 232 Å². The van der Waals surface area contributed by atoms with Crippen molar-refractivity contribution in [3.8, 4) is 0 Å². The lowest BCUT2D eigenvalue weighted by atomic mass is 10.1. The molecule has 0 saturated heterocycles. The molecule has 0 aromatic carbocycles. The zero-order valence-electron chi connectivity index (χ0n) is 35.0. The Morgan fingerprint density at radius 3 is 1.08 bits per heavy atom. The summed E-state index contributed by atoms with van der Waals surface area (Å²) in [6.07, 6.45) is 47.0. The molecule has 0 heterocycles. The number of hydrogen-bond donors (Lipinski definition) is 0. The average molecular weight is 745 g/mol. The third-order valence-electron chi connectivity index (χ3n) is 9.57. The molecule has 0 aromatic rings. The minimum Gasteiger partial charge on any atom is -0.462 e. The van der Waals surface area contributed by atoms with Crippen molar-refractivity contribution in [1.29, 1.82) is 0 Å². The lowest BCUT2D eigenvalue weighted by Crippen LogP contribution is -2.30. The quantitative estimate of drug-likeness (QED) is 0.0269. The van der Waals surface area contributed by atoms with Crippen LogP contribution in [0.15, 0.2) is 36.5 Å². The third kappa shape index (κ3) is 40.6. The van der Waals surface area contributed by atoms with E-state index in [4.69, 9.17) is 14.2 Å². The van der Waals surface area contributed by atoms with Crippen molar-refractivity contribution in [3.63, 3.8) is 0 Å². The summed E-state index contributed by atoms with van der Waals surface area (Å²) >= 11 is 0. The van der Waals surface area contributed by atoms with Crippen molar-refractivity contribution in [2.75, 3.05) is 13.2 Å². The molecule has 0 aliphatic carbocycles. The van der Waals surface area contributed by atoms with E-state index >= 15 is 0 Å². The van der Waals surface area contributed by atoms with Gasteiger partial charge in [0.1, 0.15) is 13.2 Å². The van der Waals surface area contributed by atoms with Gasteiger partial charge in [0.05, 0.1) is 0 Å². The van der Waals surface area contributed by atoms with Crippen LogP contribution in [0.25, 0.3) is 0 Å². The largest absolute Gasteiger partial charge is 0.462 e. The van der Waals surface area contributed by atoms with Crippen LogP contribution in [0.3, 0.4) is 0 Å². The molecular formula is C47H84O6. The van der Waals surface area contributed by atoms with Crippen LogP contribution in [0.2, 0.25) is 0 Å². The van der Waals surface area contributed by atoms with Gasteiger partial charge in [-0.25, -0.2) is 0 Å². The van der Waals surface area contributed by atoms with E-state index in [9.17, 15) is 14.4 Å². The Labute approximate surface area is 327 Å². The molecule has 1 unspecified atom stereocenters. The number of carbonyl (C=O) groups is 3. The summed E-state index contributed by atoms with van der Waals surface area (Å²) < 4.78 is 16.7. The second-order valence-corrected chi connectivity index (χ2v) is 14.9. The first-order chi connectivity index (χ1) is 26.0. The van der Waals surface area contributed by atoms with Gasteiger partial charge >= 0.3 is 17.9 Å². The van der Waals surface area contributed by atoms with E-state index in [0.29, 0.717) is 19.3 Å². The van der Waals surface area contributed by atoms with E-state index in [2.05, 4.69) is 57.2 Å². The smallest absolute Gasteiger partial charge is 0.306 e. The minimum absolute atomic E-state index is 0.0821. The molecule has 0 amide bonds. The van der Waals surface area contributed by atoms with Gasteiger partial charge in [-0.15, -0.1) is 0 Å². The summed E-state index contributed by atoms with van der Waals surface area (Å²) in [6, 6.07) is 0. The third-order valence-corrected chi connectivity index (χ3v) is 9.57. The number of esters is 3. The van der Waals surface area contributed by atoms with Crippen LogP contribution in [0.4, 0.5) is 0 Å². The molecule has 6 heteroatoms. The maximum absolute atomic E-state index is 12.7. The molecule has 0 bridgehead atoms. The van der Waals surface area contributed by atoms with E-state index in [0.717, 1.165) is 89.9 Å². The van der Waals surface area contributed by atoms with Gasteiger partial charge in [-0.3, -0.25) is 14.4 Å². The standard InChI is InChI=1S/C47H84O6/c1-4-7-10-13-16-19-22-23-24-26-28-31-34-37-40-46(49)52-43-44(42-51-45(48)39-36-33-30-27-21-18-15-12-9-6-3)53-47(50)41-38-35-32-29-25-20-17-14-11-8-5-2/h12,14-15,17,22-23,44H,4-11,13,16,18-21,24-43H2,1-3H3/b15-12-,17-14-,23-22-. The molecule has 308 valence electrons. The molecule has 0 fully saturated rings. The molecule has 53 heavy (non-hydrogen) atoms. The normalized spacial score (nSPS) is 12.3. The van der Waals surface area contributed by atoms with Crippen LogP contribution in [0, 0.1) is 0 Å². The number of carbonyl (C=O) groups excluding carboxylic acids is 3. The van der Waals surface area contributed by atoms with Gasteiger partial charge in [0.2, 0.25) is 0 Å². The molecule has 0 radical (unpaired) electrons. The predicted molar refractivity (Wildman–Crippen MR) is 224 cm³/mol. The summed E-state index contributed by atoms with van der Waals surface area (Å²) in [5, 5.41) is 0. The van der Waals surface area contributed by atoms with Crippen molar-refractivity contribution in [3.05, 3.63) is 36.5 Å². The van der Waals surface area contributed by atoms with Gasteiger partial charge in [-0.2, -0.15) is 0 Å². The number of rotatable bonds is 40. The van der Waals surface area contributed by atoms with Crippen molar-refractivity contribution >= 4 is 17.9 Å². The SMILES string of the molecule is CCC/C=C\CCCCCCCC(=O)OCC(COC(=O)CCCCCCC/C=C\CCCCCCC)OC(=O)CCCCCCC/C=C\CCCC. The van der Waals surface area contributed by atoms with Crippen molar-refractivity contribution in [1.82, 2.24) is 0 Å². The fourth-order valence-electron chi connectivity index (χ4n) is 6.12. The summed E-state index contributed by atoms with van der Waals surface area (Å²) in [5.41, 5.74) is 0. The molecule has 0 saturated carbocycles. The number of ether oxygens (including phenoxy) is 3. The fraction of sp³-hybridized carbons (Fsp3) is 0.809. The van der Waals surface area contributed by atoms with Gasteiger partial charge in [-0.1, -0.05) is 160 Å². The molecular weight excluding hydrogens is 661 g/mol. The second-order valence-electron chi connectivity index (χ2n) is 14.9. The highest BCUT2D eigenvalue weighted by Gasteiger charge is 2.19. The summed E-state index contributed by atoms with van der Waals surface area (Å²) in [7, 11) is 0. The Hall–Kier alpha value is -2.37. The Bertz CT molecular complexity index is 907. The fourth-order valence-corrected chi connectivity index (χ4v) is 6.12. The van der Waals surface area contributed by atoms with Crippen LogP contribution >= 0.6 is 0 Å². The zero-order chi connectivity index (χ0) is 38.7. The van der Waals surface area contributed by atoms with Crippen LogP contribution in [0.5, 0.6) is 0 Å². The maximum atomic E-state index is 12.7. The van der Waals surface area contributed by atoms with Crippen molar-refractivity contribution < 1.29 is 28.6 Å². The van der Waals surface area contributed by atoms with Gasteiger partial charge in [0.15, 0.2) is 6.10 Å². The van der Waals surface area contributed by atoms with Crippen LogP contribution in [0.1, 0.15) is 226 Å². The summed E-state index contributed by atoms with van der Waals surface area (Å²) in [5.74, 6) is -0.911. The Morgan fingerprint density at radius 1 is 0.358 bits per heavy atom. The number of allylic oxidation sites excluding steroid dienone is 6. The highest BCUT2D eigenvalue weighted by atomic mass is 16.6. The lowest BCUT2D eigenvalue weighted by molar-refractivity contribution is -0.167. The van der Waals surface area contributed by atoms with E-state index in [1.165, 1.54) is 96.3 Å². The average Bonchev–Trinajstić information content (AvgIpc) is 3.15. The minimum atomic E-state index is -0.778. The molecule has 0 aliphatic heterocycles. The Kier molecular flexibility index (Phi) is 40.5. The summed E-state index contributed by atoms with van der Waals surface area (Å²) in [6.45, 7) is 6.50. The number of unbranched alkanes of at least 4 members (excludes halogenated alkanes) is 23. The van der Waals surface area contributed by atoms with E-state index in [1.54, 1.807) is 0 Å². The molecule has 0 spiro atoms. The molecule has 0 aromatic heterocycles. The van der Waals surface area contributed by atoms with Gasteiger partial charge in [0.25, 0.3) is 0 Å². The van der Waals surface area contributed by atoms with Gasteiger partial charge in [0, 0.05) is 19.3 Å². The maximum Gasteiger partial charge on any atom is 0.306 e. The van der Waals surface area contributed by atoms with E-state index in [1.807, 2.05) is 0 Å². The monoisotopic (exact) mass is 745 g/mol. The Morgan fingerprint density at radius 2 is 0.679 bits per heavy atom. The summed E-state index contributed by atoms with van der Waals surface area (Å²) in [4.78, 5) is 37.6. The first kappa shape index (κ1) is 50.6. The van der Waals surface area contributed by atoms with Crippen LogP contribution in [-0.2, 0) is 28.6 Å². The van der Waals surface area contributed by atoms with Gasteiger partial charge < -0.3 is 14.2 Å². The molecule has 0 rings (SSSR count). The van der Waals surface area contributed by atoms with Crippen LogP contribution < -0.4 is 0 Å². The van der Waals surface area contributed by atoms with Crippen molar-refractivity contribution in [2.24, 2.45) is 0 Å². The zero-order valence-corrected chi connectivity index (χ0v) is 35.0. The predicted octanol–water partition coefficient (Wildman–Crippen LogP) is 14.2. The van der Waals surface area contributed by atoms with Crippen LogP contribution in [-0.4, -0.2) is 37.2 Å². The first-order valence-electron chi connectivity index (χ1n) is 22.5.